The van der Waals surface area contributed by atoms with Gasteiger partial charge in [-0.2, -0.15) is 0 Å². The topological polar surface area (TPSA) is 64.0 Å². The Kier molecular flexibility index (Phi) is 4.02. The third kappa shape index (κ3) is 2.91. The Morgan fingerprint density at radius 2 is 2.00 bits per heavy atom. The number of hydrogen-bond donors (Lipinski definition) is 0. The third-order valence-electron chi connectivity index (χ3n) is 4.22. The van der Waals surface area contributed by atoms with Gasteiger partial charge in [0.25, 0.3) is 0 Å². The van der Waals surface area contributed by atoms with Crippen LogP contribution in [-0.2, 0) is 0 Å². The summed E-state index contributed by atoms with van der Waals surface area (Å²) in [5.41, 5.74) is 3.29. The number of aromatic nitrogens is 4. The van der Waals surface area contributed by atoms with Crippen LogP contribution in [0.1, 0.15) is 24.0 Å². The maximum Gasteiger partial charge on any atom is 0.316 e. The van der Waals surface area contributed by atoms with Gasteiger partial charge in [-0.15, -0.1) is 11.3 Å². The summed E-state index contributed by atoms with van der Waals surface area (Å²) in [7, 11) is 0. The van der Waals surface area contributed by atoms with Gasteiger partial charge in [-0.25, -0.2) is 19.9 Å². The molecule has 0 amide bonds. The van der Waals surface area contributed by atoms with E-state index in [1.165, 1.54) is 5.56 Å². The molecule has 7 heteroatoms. The first-order chi connectivity index (χ1) is 11.7. The SMILES string of the molecule is Cc1cnc(OC2CCCN(c3ncnc4c(C)csc34)C2)nc1. The number of fused-ring (bicyclic) bond motifs is 1. The zero-order valence-corrected chi connectivity index (χ0v) is 14.6. The van der Waals surface area contributed by atoms with Crippen LogP contribution in [0.5, 0.6) is 6.01 Å². The minimum absolute atomic E-state index is 0.0764. The second-order valence-corrected chi connectivity index (χ2v) is 7.04. The van der Waals surface area contributed by atoms with Crippen LogP contribution in [-0.4, -0.2) is 39.1 Å². The van der Waals surface area contributed by atoms with Gasteiger partial charge >= 0.3 is 6.01 Å². The molecule has 1 unspecified atom stereocenters. The van der Waals surface area contributed by atoms with Gasteiger partial charge in [0.05, 0.1) is 16.8 Å². The van der Waals surface area contributed by atoms with E-state index in [-0.39, 0.29) is 6.10 Å². The van der Waals surface area contributed by atoms with Crippen molar-refractivity contribution in [3.63, 3.8) is 0 Å². The standard InChI is InChI=1S/C17H19N5OS/c1-11-6-18-17(19-7-11)23-13-4-3-5-22(8-13)16-15-14(20-10-21-16)12(2)9-24-15/h6-7,9-10,13H,3-5,8H2,1-2H3. The van der Waals surface area contributed by atoms with Crippen molar-refractivity contribution in [3.8, 4) is 6.01 Å². The molecule has 1 fully saturated rings. The molecule has 1 atom stereocenters. The molecule has 3 aromatic rings. The number of thiophene rings is 1. The lowest BCUT2D eigenvalue weighted by Crippen LogP contribution is -2.41. The van der Waals surface area contributed by atoms with E-state index in [1.54, 1.807) is 30.1 Å². The number of nitrogens with zero attached hydrogens (tertiary/aromatic N) is 5. The van der Waals surface area contributed by atoms with Crippen molar-refractivity contribution in [2.24, 2.45) is 0 Å². The molecule has 0 bridgehead atoms. The molecule has 0 aliphatic carbocycles. The van der Waals surface area contributed by atoms with Crippen LogP contribution in [0, 0.1) is 13.8 Å². The highest BCUT2D eigenvalue weighted by molar-refractivity contribution is 7.18. The van der Waals surface area contributed by atoms with Crippen LogP contribution in [0.2, 0.25) is 0 Å². The summed E-state index contributed by atoms with van der Waals surface area (Å²) in [6, 6.07) is 0.451. The fraction of sp³-hybridized carbons (Fsp3) is 0.412. The third-order valence-corrected chi connectivity index (χ3v) is 5.30. The Morgan fingerprint density at radius 3 is 2.83 bits per heavy atom. The van der Waals surface area contributed by atoms with Crippen molar-refractivity contribution in [2.75, 3.05) is 18.0 Å². The normalized spacial score (nSPS) is 18.1. The van der Waals surface area contributed by atoms with Crippen molar-refractivity contribution < 1.29 is 4.74 Å². The quantitative estimate of drug-likeness (QED) is 0.729. The maximum atomic E-state index is 5.98. The second-order valence-electron chi connectivity index (χ2n) is 6.16. The molecular weight excluding hydrogens is 322 g/mol. The summed E-state index contributed by atoms with van der Waals surface area (Å²) in [6.07, 6.45) is 7.37. The molecule has 24 heavy (non-hydrogen) atoms. The Labute approximate surface area is 144 Å². The fourth-order valence-electron chi connectivity index (χ4n) is 3.00. The van der Waals surface area contributed by atoms with Gasteiger partial charge < -0.3 is 9.64 Å². The van der Waals surface area contributed by atoms with E-state index in [2.05, 4.69) is 37.1 Å². The fourth-order valence-corrected chi connectivity index (χ4v) is 4.02. The van der Waals surface area contributed by atoms with Gasteiger partial charge in [0.15, 0.2) is 0 Å². The van der Waals surface area contributed by atoms with Gasteiger partial charge in [-0.1, -0.05) is 0 Å². The number of ether oxygens (including phenoxy) is 1. The van der Waals surface area contributed by atoms with Crippen molar-refractivity contribution in [3.05, 3.63) is 35.2 Å². The molecule has 0 N–H and O–H groups in total. The van der Waals surface area contributed by atoms with Gasteiger partial charge in [-0.3, -0.25) is 0 Å². The molecule has 0 radical (unpaired) electrons. The van der Waals surface area contributed by atoms with Crippen LogP contribution in [0.25, 0.3) is 10.2 Å². The first-order valence-corrected chi connectivity index (χ1v) is 8.98. The molecule has 124 valence electrons. The zero-order chi connectivity index (χ0) is 16.5. The summed E-state index contributed by atoms with van der Waals surface area (Å²) in [5.74, 6) is 1.01. The average molecular weight is 341 g/mol. The lowest BCUT2D eigenvalue weighted by molar-refractivity contribution is 0.164. The monoisotopic (exact) mass is 341 g/mol. The van der Waals surface area contributed by atoms with Crippen LogP contribution in [0.4, 0.5) is 5.82 Å². The minimum atomic E-state index is 0.0764. The smallest absolute Gasteiger partial charge is 0.316 e. The molecule has 0 spiro atoms. The van der Waals surface area contributed by atoms with E-state index in [4.69, 9.17) is 4.74 Å². The maximum absolute atomic E-state index is 5.98. The van der Waals surface area contributed by atoms with Crippen molar-refractivity contribution in [2.45, 2.75) is 32.8 Å². The summed E-state index contributed by atoms with van der Waals surface area (Å²) in [4.78, 5) is 19.7. The predicted octanol–water partition coefficient (Wildman–Crippen LogP) is 3.15. The molecule has 1 aliphatic heterocycles. The molecule has 6 nitrogen and oxygen atoms in total. The van der Waals surface area contributed by atoms with Crippen LogP contribution in [0.3, 0.4) is 0 Å². The number of anilines is 1. The Balaban J connectivity index is 1.54. The van der Waals surface area contributed by atoms with E-state index in [1.807, 2.05) is 6.92 Å². The van der Waals surface area contributed by atoms with E-state index in [9.17, 15) is 0 Å². The van der Waals surface area contributed by atoms with E-state index in [0.29, 0.717) is 6.01 Å². The molecule has 0 saturated carbocycles. The number of aryl methyl sites for hydroxylation is 2. The molecule has 1 saturated heterocycles. The molecule has 1 aliphatic rings. The summed E-state index contributed by atoms with van der Waals surface area (Å²) in [6.45, 7) is 5.83. The highest BCUT2D eigenvalue weighted by Crippen LogP contribution is 2.32. The van der Waals surface area contributed by atoms with E-state index < -0.39 is 0 Å². The Hall–Kier alpha value is -2.28. The van der Waals surface area contributed by atoms with Crippen molar-refractivity contribution in [1.29, 1.82) is 0 Å². The summed E-state index contributed by atoms with van der Waals surface area (Å²) >= 11 is 1.71. The second kappa shape index (κ2) is 6.32. The van der Waals surface area contributed by atoms with Gasteiger partial charge in [0.2, 0.25) is 0 Å². The first-order valence-electron chi connectivity index (χ1n) is 8.10. The molecule has 3 aromatic heterocycles. The molecule has 4 rings (SSSR count). The zero-order valence-electron chi connectivity index (χ0n) is 13.8. The van der Waals surface area contributed by atoms with E-state index in [0.717, 1.165) is 47.5 Å². The lowest BCUT2D eigenvalue weighted by Gasteiger charge is -2.33. The van der Waals surface area contributed by atoms with Crippen LogP contribution in [0.15, 0.2) is 24.1 Å². The summed E-state index contributed by atoms with van der Waals surface area (Å²) in [5, 5.41) is 2.14. The minimum Gasteiger partial charge on any atom is -0.458 e. The molecular formula is C17H19N5OS. The van der Waals surface area contributed by atoms with Gasteiger partial charge in [-0.05, 0) is 43.2 Å². The largest absolute Gasteiger partial charge is 0.458 e. The molecule has 4 heterocycles. The Morgan fingerprint density at radius 1 is 1.17 bits per heavy atom. The van der Waals surface area contributed by atoms with Gasteiger partial charge in [0, 0.05) is 18.9 Å². The van der Waals surface area contributed by atoms with Crippen molar-refractivity contribution in [1.82, 2.24) is 19.9 Å². The number of piperidine rings is 1. The number of hydrogen-bond acceptors (Lipinski definition) is 7. The first kappa shape index (κ1) is 15.3. The van der Waals surface area contributed by atoms with Gasteiger partial charge in [0.1, 0.15) is 18.2 Å². The summed E-state index contributed by atoms with van der Waals surface area (Å²) < 4.78 is 7.13. The highest BCUT2D eigenvalue weighted by Gasteiger charge is 2.25. The lowest BCUT2D eigenvalue weighted by atomic mass is 10.1. The van der Waals surface area contributed by atoms with Crippen LogP contribution < -0.4 is 9.64 Å². The highest BCUT2D eigenvalue weighted by atomic mass is 32.1. The van der Waals surface area contributed by atoms with E-state index >= 15 is 0 Å². The Bertz CT molecular complexity index is 848. The molecule has 0 aromatic carbocycles. The van der Waals surface area contributed by atoms with Crippen LogP contribution >= 0.6 is 11.3 Å². The predicted molar refractivity (Wildman–Crippen MR) is 94.8 cm³/mol. The number of rotatable bonds is 3. The van der Waals surface area contributed by atoms with Crippen molar-refractivity contribution >= 4 is 27.4 Å². The average Bonchev–Trinajstić information content (AvgIpc) is 2.99.